The average Bonchev–Trinajstić information content (AvgIpc) is 3.22. The van der Waals surface area contributed by atoms with E-state index in [1.807, 2.05) is 18.2 Å². The summed E-state index contributed by atoms with van der Waals surface area (Å²) in [7, 11) is 0. The third-order valence-corrected chi connectivity index (χ3v) is 3.93. The molecule has 3 nitrogen and oxygen atoms in total. The van der Waals surface area contributed by atoms with Crippen LogP contribution in [-0.4, -0.2) is 14.7 Å². The molecule has 0 amide bonds. The monoisotopic (exact) mass is 282 g/mol. The first-order valence-electron chi connectivity index (χ1n) is 7.15. The summed E-state index contributed by atoms with van der Waals surface area (Å²) in [5.41, 5.74) is 2.29. The molecule has 2 aromatic carbocycles. The van der Waals surface area contributed by atoms with Gasteiger partial charge in [-0.05, 0) is 42.7 Å². The molecule has 1 saturated carbocycles. The summed E-state index contributed by atoms with van der Waals surface area (Å²) in [5, 5.41) is 9.58. The van der Waals surface area contributed by atoms with Gasteiger partial charge in [0, 0.05) is 12.5 Å². The first kappa shape index (κ1) is 12.4. The van der Waals surface area contributed by atoms with Crippen molar-refractivity contribution in [3.05, 3.63) is 59.7 Å². The third-order valence-electron chi connectivity index (χ3n) is 3.93. The van der Waals surface area contributed by atoms with Gasteiger partial charge in [-0.15, -0.1) is 0 Å². The molecule has 0 radical (unpaired) electrons. The zero-order valence-corrected chi connectivity index (χ0v) is 11.5. The summed E-state index contributed by atoms with van der Waals surface area (Å²) in [5.74, 6) is 0.833. The Morgan fingerprint density at radius 2 is 2.00 bits per heavy atom. The zero-order valence-electron chi connectivity index (χ0n) is 11.5. The molecule has 0 saturated heterocycles. The number of phenolic OH excluding ortho intramolecular Hbond substituents is 1. The molecule has 0 bridgehead atoms. The number of nitrogens with zero attached hydrogens (tertiary/aromatic N) is 2. The summed E-state index contributed by atoms with van der Waals surface area (Å²) in [6, 6.07) is 12.7. The summed E-state index contributed by atoms with van der Waals surface area (Å²) < 4.78 is 16.1. The SMILES string of the molecule is Oc1cccc(Cc2nc3c(F)cccc3n2C2CC2)c1. The molecular formula is C17H15FN2O. The fraction of sp³-hybridized carbons (Fsp3) is 0.235. The van der Waals surface area contributed by atoms with E-state index in [1.54, 1.807) is 18.2 Å². The maximum Gasteiger partial charge on any atom is 0.151 e. The minimum atomic E-state index is -0.274. The molecular weight excluding hydrogens is 267 g/mol. The van der Waals surface area contributed by atoms with Crippen LogP contribution >= 0.6 is 0 Å². The highest BCUT2D eigenvalue weighted by atomic mass is 19.1. The van der Waals surface area contributed by atoms with E-state index in [4.69, 9.17) is 0 Å². The zero-order chi connectivity index (χ0) is 14.4. The number of imidazole rings is 1. The van der Waals surface area contributed by atoms with E-state index in [0.29, 0.717) is 18.0 Å². The molecule has 1 N–H and O–H groups in total. The lowest BCUT2D eigenvalue weighted by atomic mass is 10.1. The minimum Gasteiger partial charge on any atom is -0.508 e. The van der Waals surface area contributed by atoms with Crippen molar-refractivity contribution in [1.29, 1.82) is 0 Å². The van der Waals surface area contributed by atoms with Crippen LogP contribution in [0.3, 0.4) is 0 Å². The van der Waals surface area contributed by atoms with Crippen molar-refractivity contribution >= 4 is 11.0 Å². The molecule has 1 aliphatic carbocycles. The summed E-state index contributed by atoms with van der Waals surface area (Å²) in [6.07, 6.45) is 2.84. The Balaban J connectivity index is 1.84. The molecule has 1 fully saturated rings. The third kappa shape index (κ3) is 2.17. The first-order chi connectivity index (χ1) is 10.2. The van der Waals surface area contributed by atoms with Gasteiger partial charge >= 0.3 is 0 Å². The van der Waals surface area contributed by atoms with Gasteiger partial charge in [0.25, 0.3) is 0 Å². The highest BCUT2D eigenvalue weighted by Gasteiger charge is 2.28. The predicted molar refractivity (Wildman–Crippen MR) is 78.9 cm³/mol. The predicted octanol–water partition coefficient (Wildman–Crippen LogP) is 3.81. The molecule has 3 aromatic rings. The Bertz CT molecular complexity index is 821. The number of aromatic hydroxyl groups is 1. The van der Waals surface area contributed by atoms with Gasteiger partial charge in [0.1, 0.15) is 17.1 Å². The van der Waals surface area contributed by atoms with Crippen LogP contribution < -0.4 is 0 Å². The number of rotatable bonds is 3. The second-order valence-corrected chi connectivity index (χ2v) is 5.58. The molecule has 1 aliphatic rings. The standard InChI is InChI=1S/C17H15FN2O/c18-14-5-2-6-15-17(14)19-16(20(15)12-7-8-12)10-11-3-1-4-13(21)9-11/h1-6,9,12,21H,7-8,10H2. The van der Waals surface area contributed by atoms with Crippen LogP contribution in [0.15, 0.2) is 42.5 Å². The average molecular weight is 282 g/mol. The second-order valence-electron chi connectivity index (χ2n) is 5.58. The number of benzene rings is 2. The molecule has 1 heterocycles. The number of fused-ring (bicyclic) bond motifs is 1. The lowest BCUT2D eigenvalue weighted by Crippen LogP contribution is -2.02. The van der Waals surface area contributed by atoms with Crippen molar-refractivity contribution in [1.82, 2.24) is 9.55 Å². The number of hydrogen-bond acceptors (Lipinski definition) is 2. The van der Waals surface area contributed by atoms with Gasteiger partial charge in [0.15, 0.2) is 5.82 Å². The smallest absolute Gasteiger partial charge is 0.151 e. The lowest BCUT2D eigenvalue weighted by Gasteiger charge is -2.08. The van der Waals surface area contributed by atoms with Crippen molar-refractivity contribution in [3.8, 4) is 5.75 Å². The van der Waals surface area contributed by atoms with E-state index >= 15 is 0 Å². The second kappa shape index (κ2) is 4.58. The lowest BCUT2D eigenvalue weighted by molar-refractivity contribution is 0.474. The Kier molecular flexibility index (Phi) is 2.70. The van der Waals surface area contributed by atoms with Gasteiger partial charge in [-0.2, -0.15) is 0 Å². The Morgan fingerprint density at radius 3 is 2.76 bits per heavy atom. The molecule has 0 unspecified atom stereocenters. The molecule has 1 aromatic heterocycles. The van der Waals surface area contributed by atoms with Crippen LogP contribution in [0.25, 0.3) is 11.0 Å². The topological polar surface area (TPSA) is 38.1 Å². The maximum atomic E-state index is 14.0. The molecule has 0 atom stereocenters. The first-order valence-corrected chi connectivity index (χ1v) is 7.15. The van der Waals surface area contributed by atoms with Gasteiger partial charge in [0.2, 0.25) is 0 Å². The van der Waals surface area contributed by atoms with Gasteiger partial charge in [0.05, 0.1) is 5.52 Å². The number of para-hydroxylation sites is 1. The highest BCUT2D eigenvalue weighted by molar-refractivity contribution is 5.77. The summed E-state index contributed by atoms with van der Waals surface area (Å²) in [4.78, 5) is 4.50. The maximum absolute atomic E-state index is 14.0. The van der Waals surface area contributed by atoms with Crippen LogP contribution in [-0.2, 0) is 6.42 Å². The van der Waals surface area contributed by atoms with Gasteiger partial charge in [-0.3, -0.25) is 0 Å². The van der Waals surface area contributed by atoms with E-state index in [2.05, 4.69) is 9.55 Å². The fourth-order valence-corrected chi connectivity index (χ4v) is 2.84. The van der Waals surface area contributed by atoms with E-state index in [-0.39, 0.29) is 11.6 Å². The number of halogens is 1. The molecule has 0 spiro atoms. The van der Waals surface area contributed by atoms with Crippen LogP contribution in [0.5, 0.6) is 5.75 Å². The fourth-order valence-electron chi connectivity index (χ4n) is 2.84. The normalized spacial score (nSPS) is 14.7. The Hall–Kier alpha value is -2.36. The summed E-state index contributed by atoms with van der Waals surface area (Å²) >= 11 is 0. The molecule has 4 heteroatoms. The molecule has 106 valence electrons. The van der Waals surface area contributed by atoms with Crippen LogP contribution in [0.4, 0.5) is 4.39 Å². The van der Waals surface area contributed by atoms with Gasteiger partial charge < -0.3 is 9.67 Å². The van der Waals surface area contributed by atoms with E-state index in [9.17, 15) is 9.50 Å². The van der Waals surface area contributed by atoms with Crippen LogP contribution in [0, 0.1) is 5.82 Å². The van der Waals surface area contributed by atoms with Gasteiger partial charge in [-0.25, -0.2) is 9.37 Å². The van der Waals surface area contributed by atoms with E-state index in [0.717, 1.165) is 29.7 Å². The molecule has 4 rings (SSSR count). The van der Waals surface area contributed by atoms with E-state index < -0.39 is 0 Å². The number of phenols is 1. The van der Waals surface area contributed by atoms with Crippen LogP contribution in [0.1, 0.15) is 30.3 Å². The Labute approximate surface area is 121 Å². The molecule has 21 heavy (non-hydrogen) atoms. The van der Waals surface area contributed by atoms with Crippen molar-refractivity contribution in [2.75, 3.05) is 0 Å². The van der Waals surface area contributed by atoms with E-state index in [1.165, 1.54) is 6.07 Å². The minimum absolute atomic E-state index is 0.243. The summed E-state index contributed by atoms with van der Waals surface area (Å²) in [6.45, 7) is 0. The van der Waals surface area contributed by atoms with Crippen molar-refractivity contribution in [2.45, 2.75) is 25.3 Å². The number of hydrogen-bond donors (Lipinski definition) is 1. The quantitative estimate of drug-likeness (QED) is 0.793. The molecule has 0 aliphatic heterocycles. The van der Waals surface area contributed by atoms with Crippen molar-refractivity contribution in [3.63, 3.8) is 0 Å². The van der Waals surface area contributed by atoms with Crippen molar-refractivity contribution < 1.29 is 9.50 Å². The van der Waals surface area contributed by atoms with Gasteiger partial charge in [-0.1, -0.05) is 18.2 Å². The highest BCUT2D eigenvalue weighted by Crippen LogP contribution is 2.39. The Morgan fingerprint density at radius 1 is 1.19 bits per heavy atom. The van der Waals surface area contributed by atoms with Crippen molar-refractivity contribution in [2.24, 2.45) is 0 Å². The van der Waals surface area contributed by atoms with Crippen LogP contribution in [0.2, 0.25) is 0 Å². The number of aromatic nitrogens is 2. The largest absolute Gasteiger partial charge is 0.508 e.